The van der Waals surface area contributed by atoms with Gasteiger partial charge in [-0.15, -0.1) is 0 Å². The number of hydrogen-bond donors (Lipinski definition) is 1. The molecule has 116 valence electrons. The van der Waals surface area contributed by atoms with Crippen LogP contribution in [0.1, 0.15) is 21.7 Å². The maximum atomic E-state index is 12.4. The van der Waals surface area contributed by atoms with Gasteiger partial charge in [0.05, 0.1) is 12.1 Å². The van der Waals surface area contributed by atoms with Crippen LogP contribution in [-0.2, 0) is 6.54 Å². The van der Waals surface area contributed by atoms with E-state index in [0.717, 1.165) is 26.2 Å². The third-order valence-corrected chi connectivity index (χ3v) is 4.12. The number of furan rings is 1. The normalized spacial score (nSPS) is 15.2. The van der Waals surface area contributed by atoms with E-state index in [4.69, 9.17) is 10.2 Å². The van der Waals surface area contributed by atoms with Crippen LogP contribution in [0.3, 0.4) is 0 Å². The van der Waals surface area contributed by atoms with E-state index in [1.54, 1.807) is 6.07 Å². The molecule has 22 heavy (non-hydrogen) atoms. The van der Waals surface area contributed by atoms with Crippen molar-refractivity contribution in [2.75, 3.05) is 31.1 Å². The van der Waals surface area contributed by atoms with Crippen LogP contribution >= 0.6 is 0 Å². The summed E-state index contributed by atoms with van der Waals surface area (Å²) in [5, 5.41) is 0. The summed E-state index contributed by atoms with van der Waals surface area (Å²) < 4.78 is 5.25. The van der Waals surface area contributed by atoms with Gasteiger partial charge in [0.1, 0.15) is 12.0 Å². The van der Waals surface area contributed by atoms with Gasteiger partial charge >= 0.3 is 0 Å². The van der Waals surface area contributed by atoms with Crippen molar-refractivity contribution in [3.63, 3.8) is 0 Å². The average molecular weight is 299 g/mol. The number of para-hydroxylation sites is 1. The summed E-state index contributed by atoms with van der Waals surface area (Å²) >= 11 is 0. The first-order chi connectivity index (χ1) is 10.7. The molecule has 3 rings (SSSR count). The van der Waals surface area contributed by atoms with Gasteiger partial charge in [0, 0.05) is 31.9 Å². The van der Waals surface area contributed by atoms with Gasteiger partial charge in [0.15, 0.2) is 0 Å². The van der Waals surface area contributed by atoms with Crippen molar-refractivity contribution in [3.8, 4) is 0 Å². The lowest BCUT2D eigenvalue weighted by Crippen LogP contribution is -2.48. The zero-order valence-electron chi connectivity index (χ0n) is 12.8. The van der Waals surface area contributed by atoms with Crippen molar-refractivity contribution >= 4 is 11.6 Å². The molecule has 1 fully saturated rings. The number of nitrogens with two attached hydrogens (primary N) is 1. The van der Waals surface area contributed by atoms with Gasteiger partial charge < -0.3 is 20.0 Å². The first kappa shape index (κ1) is 14.7. The van der Waals surface area contributed by atoms with Crippen LogP contribution < -0.4 is 10.6 Å². The summed E-state index contributed by atoms with van der Waals surface area (Å²) in [4.78, 5) is 16.7. The fraction of sp³-hybridized carbons (Fsp3) is 0.353. The third kappa shape index (κ3) is 2.85. The van der Waals surface area contributed by atoms with Gasteiger partial charge in [-0.05, 0) is 24.6 Å². The van der Waals surface area contributed by atoms with Crippen LogP contribution in [0.5, 0.6) is 0 Å². The van der Waals surface area contributed by atoms with Crippen LogP contribution in [0.2, 0.25) is 0 Å². The monoisotopic (exact) mass is 299 g/mol. The van der Waals surface area contributed by atoms with Crippen LogP contribution in [0.4, 0.5) is 5.69 Å². The lowest BCUT2D eigenvalue weighted by molar-refractivity contribution is 0.0746. The Balaban J connectivity index is 1.64. The Morgan fingerprint density at radius 2 is 1.95 bits per heavy atom. The van der Waals surface area contributed by atoms with E-state index in [9.17, 15) is 4.79 Å². The van der Waals surface area contributed by atoms with E-state index >= 15 is 0 Å². The number of benzene rings is 1. The molecule has 2 N–H and O–H groups in total. The Morgan fingerprint density at radius 1 is 1.23 bits per heavy atom. The Hall–Kier alpha value is -2.27. The molecule has 0 aliphatic carbocycles. The number of amides is 1. The summed E-state index contributed by atoms with van der Waals surface area (Å²) in [5.74, 6) is 0.662. The van der Waals surface area contributed by atoms with Crippen molar-refractivity contribution in [1.29, 1.82) is 0 Å². The molecule has 5 heteroatoms. The highest BCUT2D eigenvalue weighted by atomic mass is 16.3. The number of carbonyl (C=O) groups excluding carboxylic acids is 1. The van der Waals surface area contributed by atoms with Crippen molar-refractivity contribution in [2.24, 2.45) is 5.73 Å². The van der Waals surface area contributed by atoms with Crippen molar-refractivity contribution in [2.45, 2.75) is 13.5 Å². The fourth-order valence-electron chi connectivity index (χ4n) is 2.85. The molecule has 1 aromatic heterocycles. The third-order valence-electron chi connectivity index (χ3n) is 4.12. The lowest BCUT2D eigenvalue weighted by Gasteiger charge is -2.36. The van der Waals surface area contributed by atoms with Gasteiger partial charge in [-0.2, -0.15) is 0 Å². The van der Waals surface area contributed by atoms with E-state index in [1.807, 2.05) is 11.0 Å². The Kier molecular flexibility index (Phi) is 4.15. The molecule has 0 saturated carbocycles. The maximum Gasteiger partial charge on any atom is 0.257 e. The first-order valence-electron chi connectivity index (χ1n) is 7.56. The number of aryl methyl sites for hydroxylation is 1. The summed E-state index contributed by atoms with van der Waals surface area (Å²) in [6.07, 6.45) is 1.50. The zero-order chi connectivity index (χ0) is 15.5. The van der Waals surface area contributed by atoms with E-state index in [-0.39, 0.29) is 5.91 Å². The smallest absolute Gasteiger partial charge is 0.257 e. The quantitative estimate of drug-likeness (QED) is 0.941. The molecule has 0 unspecified atom stereocenters. The Morgan fingerprint density at radius 3 is 2.59 bits per heavy atom. The number of piperazine rings is 1. The molecule has 1 aromatic carbocycles. The largest absolute Gasteiger partial charge is 0.467 e. The highest BCUT2D eigenvalue weighted by molar-refractivity contribution is 5.94. The highest BCUT2D eigenvalue weighted by Gasteiger charge is 2.23. The molecule has 0 bridgehead atoms. The van der Waals surface area contributed by atoms with Crippen molar-refractivity contribution < 1.29 is 9.21 Å². The predicted octanol–water partition coefficient (Wildman–Crippen LogP) is 2.01. The Labute approximate surface area is 130 Å². The second-order valence-corrected chi connectivity index (χ2v) is 5.57. The van der Waals surface area contributed by atoms with Gasteiger partial charge in [-0.3, -0.25) is 4.79 Å². The average Bonchev–Trinajstić information content (AvgIpc) is 3.04. The highest BCUT2D eigenvalue weighted by Crippen LogP contribution is 2.21. The molecule has 5 nitrogen and oxygen atoms in total. The van der Waals surface area contributed by atoms with Crippen molar-refractivity contribution in [3.05, 3.63) is 53.5 Å². The second-order valence-electron chi connectivity index (χ2n) is 5.57. The van der Waals surface area contributed by atoms with Gasteiger partial charge in [-0.1, -0.05) is 18.2 Å². The summed E-state index contributed by atoms with van der Waals surface area (Å²) in [6.45, 7) is 5.56. The Bertz CT molecular complexity index is 657. The molecule has 0 radical (unpaired) electrons. The molecule has 2 heterocycles. The number of hydrogen-bond acceptors (Lipinski definition) is 4. The molecule has 1 aliphatic rings. The summed E-state index contributed by atoms with van der Waals surface area (Å²) in [5.41, 5.74) is 8.62. The van der Waals surface area contributed by atoms with Crippen LogP contribution in [0.25, 0.3) is 0 Å². The molecule has 0 atom stereocenters. The fourth-order valence-corrected chi connectivity index (χ4v) is 2.85. The molecule has 1 saturated heterocycles. The minimum absolute atomic E-state index is 0.0212. The van der Waals surface area contributed by atoms with Gasteiger partial charge in [0.25, 0.3) is 5.91 Å². The van der Waals surface area contributed by atoms with Crippen molar-refractivity contribution in [1.82, 2.24) is 4.90 Å². The molecular formula is C17H21N3O2. The number of carbonyl (C=O) groups is 1. The summed E-state index contributed by atoms with van der Waals surface area (Å²) in [7, 11) is 0. The second kappa shape index (κ2) is 6.23. The first-order valence-corrected chi connectivity index (χ1v) is 7.56. The SMILES string of the molecule is Cc1ccccc1N1CCN(C(=O)c2coc(CN)c2)CC1. The van der Waals surface area contributed by atoms with E-state index < -0.39 is 0 Å². The molecule has 2 aromatic rings. The van der Waals surface area contributed by atoms with E-state index in [1.165, 1.54) is 17.5 Å². The topological polar surface area (TPSA) is 62.7 Å². The number of rotatable bonds is 3. The van der Waals surface area contributed by atoms with Gasteiger partial charge in [-0.25, -0.2) is 0 Å². The minimum atomic E-state index is 0.0212. The number of anilines is 1. The van der Waals surface area contributed by atoms with Gasteiger partial charge in [0.2, 0.25) is 0 Å². The summed E-state index contributed by atoms with van der Waals surface area (Å²) in [6, 6.07) is 10.1. The molecule has 1 amide bonds. The molecule has 0 spiro atoms. The lowest BCUT2D eigenvalue weighted by atomic mass is 10.1. The zero-order valence-corrected chi connectivity index (χ0v) is 12.8. The minimum Gasteiger partial charge on any atom is -0.467 e. The molecule has 1 aliphatic heterocycles. The predicted molar refractivity (Wildman–Crippen MR) is 85.9 cm³/mol. The van der Waals surface area contributed by atoms with Crippen LogP contribution in [0.15, 0.2) is 41.0 Å². The van der Waals surface area contributed by atoms with E-state index in [2.05, 4.69) is 30.0 Å². The van der Waals surface area contributed by atoms with Crippen LogP contribution in [0, 0.1) is 6.92 Å². The van der Waals surface area contributed by atoms with E-state index in [0.29, 0.717) is 17.9 Å². The molecular weight excluding hydrogens is 278 g/mol. The number of nitrogens with zero attached hydrogens (tertiary/aromatic N) is 2. The standard InChI is InChI=1S/C17H21N3O2/c1-13-4-2-3-5-16(13)19-6-8-20(9-7-19)17(21)14-10-15(11-18)22-12-14/h2-5,10,12H,6-9,11,18H2,1H3. The maximum absolute atomic E-state index is 12.4. The van der Waals surface area contributed by atoms with Crippen LogP contribution in [-0.4, -0.2) is 37.0 Å².